The minimum absolute atomic E-state index is 0.113. The van der Waals surface area contributed by atoms with Gasteiger partial charge in [-0.1, -0.05) is 15.9 Å². The predicted octanol–water partition coefficient (Wildman–Crippen LogP) is 1.73. The SMILES string of the molecule is COCC(Br)CNC(=O)c1ccc(C)o1. The maximum atomic E-state index is 11.5. The molecule has 0 fully saturated rings. The van der Waals surface area contributed by atoms with Crippen molar-refractivity contribution in [1.29, 1.82) is 0 Å². The van der Waals surface area contributed by atoms with Crippen LogP contribution in [0, 0.1) is 6.92 Å². The number of ether oxygens (including phenoxy) is 1. The van der Waals surface area contributed by atoms with Gasteiger partial charge in [-0.3, -0.25) is 4.79 Å². The molecule has 1 rings (SSSR count). The fourth-order valence-electron chi connectivity index (χ4n) is 1.09. The van der Waals surface area contributed by atoms with Crippen LogP contribution < -0.4 is 5.32 Å². The number of aryl methyl sites for hydroxylation is 1. The van der Waals surface area contributed by atoms with Gasteiger partial charge >= 0.3 is 0 Å². The molecule has 0 saturated carbocycles. The third kappa shape index (κ3) is 4.05. The summed E-state index contributed by atoms with van der Waals surface area (Å²) < 4.78 is 10.1. The van der Waals surface area contributed by atoms with Crippen LogP contribution in [0.25, 0.3) is 0 Å². The van der Waals surface area contributed by atoms with Gasteiger partial charge in [-0.15, -0.1) is 0 Å². The van der Waals surface area contributed by atoms with E-state index in [9.17, 15) is 4.79 Å². The molecule has 5 heteroatoms. The van der Waals surface area contributed by atoms with E-state index in [0.717, 1.165) is 5.76 Å². The highest BCUT2D eigenvalue weighted by Crippen LogP contribution is 2.06. The predicted molar refractivity (Wildman–Crippen MR) is 60.4 cm³/mol. The van der Waals surface area contributed by atoms with Gasteiger partial charge in [0.1, 0.15) is 5.76 Å². The van der Waals surface area contributed by atoms with Gasteiger partial charge < -0.3 is 14.5 Å². The largest absolute Gasteiger partial charge is 0.456 e. The number of alkyl halides is 1. The molecule has 1 unspecified atom stereocenters. The summed E-state index contributed by atoms with van der Waals surface area (Å²) in [6, 6.07) is 3.42. The Morgan fingerprint density at radius 2 is 2.40 bits per heavy atom. The number of carbonyl (C=O) groups is 1. The Morgan fingerprint density at radius 3 is 2.93 bits per heavy atom. The van der Waals surface area contributed by atoms with Gasteiger partial charge in [0, 0.05) is 13.7 Å². The molecule has 0 radical (unpaired) electrons. The Labute approximate surface area is 97.1 Å². The highest BCUT2D eigenvalue weighted by Gasteiger charge is 2.11. The van der Waals surface area contributed by atoms with Gasteiger partial charge in [0.25, 0.3) is 5.91 Å². The van der Waals surface area contributed by atoms with E-state index in [0.29, 0.717) is 18.9 Å². The standard InChI is InChI=1S/C10H14BrNO3/c1-7-3-4-9(15-7)10(13)12-5-8(11)6-14-2/h3-4,8H,5-6H2,1-2H3,(H,12,13). The van der Waals surface area contributed by atoms with E-state index < -0.39 is 0 Å². The number of furan rings is 1. The fourth-order valence-corrected chi connectivity index (χ4v) is 1.51. The number of carbonyl (C=O) groups excluding carboxylic acids is 1. The second-order valence-corrected chi connectivity index (χ2v) is 4.47. The van der Waals surface area contributed by atoms with Crippen molar-refractivity contribution in [2.75, 3.05) is 20.3 Å². The van der Waals surface area contributed by atoms with Gasteiger partial charge in [0.2, 0.25) is 0 Å². The van der Waals surface area contributed by atoms with Crippen molar-refractivity contribution < 1.29 is 13.9 Å². The van der Waals surface area contributed by atoms with Crippen LogP contribution in [-0.2, 0) is 4.74 Å². The van der Waals surface area contributed by atoms with Crippen LogP contribution in [0.5, 0.6) is 0 Å². The molecule has 0 aliphatic carbocycles. The molecule has 1 heterocycles. The van der Waals surface area contributed by atoms with Crippen LogP contribution in [0.15, 0.2) is 16.5 Å². The van der Waals surface area contributed by atoms with E-state index in [1.165, 1.54) is 0 Å². The fraction of sp³-hybridized carbons (Fsp3) is 0.500. The van der Waals surface area contributed by atoms with Gasteiger partial charge in [-0.2, -0.15) is 0 Å². The lowest BCUT2D eigenvalue weighted by atomic mass is 10.4. The average molecular weight is 276 g/mol. The summed E-state index contributed by atoms with van der Waals surface area (Å²) in [5.74, 6) is 0.862. The van der Waals surface area contributed by atoms with E-state index in [2.05, 4.69) is 21.2 Å². The first-order valence-corrected chi connectivity index (χ1v) is 5.52. The Morgan fingerprint density at radius 1 is 1.67 bits per heavy atom. The second kappa shape index (κ2) is 5.92. The van der Waals surface area contributed by atoms with E-state index >= 15 is 0 Å². The number of halogens is 1. The van der Waals surface area contributed by atoms with Crippen LogP contribution in [0.1, 0.15) is 16.3 Å². The smallest absolute Gasteiger partial charge is 0.287 e. The zero-order valence-corrected chi connectivity index (χ0v) is 10.3. The first kappa shape index (κ1) is 12.3. The third-order valence-electron chi connectivity index (χ3n) is 1.80. The molecular formula is C10H14BrNO3. The maximum absolute atomic E-state index is 11.5. The second-order valence-electron chi connectivity index (χ2n) is 3.17. The summed E-state index contributed by atoms with van der Waals surface area (Å²) in [5, 5.41) is 2.74. The minimum atomic E-state index is -0.205. The molecule has 1 N–H and O–H groups in total. The van der Waals surface area contributed by atoms with Crippen molar-refractivity contribution in [3.8, 4) is 0 Å². The molecule has 0 saturated heterocycles. The monoisotopic (exact) mass is 275 g/mol. The number of methoxy groups -OCH3 is 1. The van der Waals surface area contributed by atoms with Crippen LogP contribution in [0.4, 0.5) is 0 Å². The third-order valence-corrected chi connectivity index (χ3v) is 2.38. The number of amides is 1. The normalized spacial score (nSPS) is 12.5. The molecule has 1 aromatic heterocycles. The van der Waals surface area contributed by atoms with E-state index in [-0.39, 0.29) is 10.7 Å². The summed E-state index contributed by atoms with van der Waals surface area (Å²) >= 11 is 3.37. The number of nitrogens with one attached hydrogen (secondary N) is 1. The molecule has 1 aromatic rings. The summed E-state index contributed by atoms with van der Waals surface area (Å²) in [4.78, 5) is 11.6. The summed E-state index contributed by atoms with van der Waals surface area (Å²) in [6.45, 7) is 2.86. The van der Waals surface area contributed by atoms with Crippen molar-refractivity contribution in [1.82, 2.24) is 5.32 Å². The summed E-state index contributed by atoms with van der Waals surface area (Å²) in [5.41, 5.74) is 0. The lowest BCUT2D eigenvalue weighted by Crippen LogP contribution is -2.31. The number of hydrogen-bond donors (Lipinski definition) is 1. The first-order valence-electron chi connectivity index (χ1n) is 4.61. The Balaban J connectivity index is 2.36. The highest BCUT2D eigenvalue weighted by molar-refractivity contribution is 9.09. The molecule has 0 aliphatic heterocycles. The average Bonchev–Trinajstić information content (AvgIpc) is 2.62. The molecule has 0 aromatic carbocycles. The maximum Gasteiger partial charge on any atom is 0.287 e. The van der Waals surface area contributed by atoms with Gasteiger partial charge in [0.05, 0.1) is 11.4 Å². The minimum Gasteiger partial charge on any atom is -0.456 e. The molecule has 0 spiro atoms. The molecule has 0 bridgehead atoms. The molecule has 15 heavy (non-hydrogen) atoms. The summed E-state index contributed by atoms with van der Waals surface area (Å²) in [6.07, 6.45) is 0. The highest BCUT2D eigenvalue weighted by atomic mass is 79.9. The number of rotatable bonds is 5. The van der Waals surface area contributed by atoms with Crippen molar-refractivity contribution in [3.05, 3.63) is 23.7 Å². The van der Waals surface area contributed by atoms with Crippen LogP contribution in [0.2, 0.25) is 0 Å². The van der Waals surface area contributed by atoms with E-state index in [1.54, 1.807) is 26.2 Å². The Kier molecular flexibility index (Phi) is 4.84. The van der Waals surface area contributed by atoms with Gasteiger partial charge in [-0.25, -0.2) is 0 Å². The molecule has 0 aliphatic rings. The lowest BCUT2D eigenvalue weighted by molar-refractivity contribution is 0.0921. The molecule has 1 amide bonds. The van der Waals surface area contributed by atoms with Crippen LogP contribution in [-0.4, -0.2) is 31.0 Å². The van der Waals surface area contributed by atoms with Crippen molar-refractivity contribution >= 4 is 21.8 Å². The molecule has 1 atom stereocenters. The lowest BCUT2D eigenvalue weighted by Gasteiger charge is -2.08. The zero-order valence-electron chi connectivity index (χ0n) is 8.75. The van der Waals surface area contributed by atoms with Gasteiger partial charge in [0.15, 0.2) is 5.76 Å². The van der Waals surface area contributed by atoms with Crippen LogP contribution >= 0.6 is 15.9 Å². The van der Waals surface area contributed by atoms with E-state index in [4.69, 9.17) is 9.15 Å². The summed E-state index contributed by atoms with van der Waals surface area (Å²) in [7, 11) is 1.62. The quantitative estimate of drug-likeness (QED) is 0.833. The van der Waals surface area contributed by atoms with Crippen molar-refractivity contribution in [2.24, 2.45) is 0 Å². The zero-order chi connectivity index (χ0) is 11.3. The van der Waals surface area contributed by atoms with Crippen LogP contribution in [0.3, 0.4) is 0 Å². The Bertz CT molecular complexity index is 324. The van der Waals surface area contributed by atoms with E-state index in [1.807, 2.05) is 0 Å². The molecule has 4 nitrogen and oxygen atoms in total. The van der Waals surface area contributed by atoms with Gasteiger partial charge in [-0.05, 0) is 19.1 Å². The number of hydrogen-bond acceptors (Lipinski definition) is 3. The molecule has 84 valence electrons. The van der Waals surface area contributed by atoms with Crippen molar-refractivity contribution in [3.63, 3.8) is 0 Å². The topological polar surface area (TPSA) is 51.5 Å². The first-order chi connectivity index (χ1) is 7.13. The molecular weight excluding hydrogens is 262 g/mol. The Hall–Kier alpha value is -0.810. The van der Waals surface area contributed by atoms with Crippen molar-refractivity contribution in [2.45, 2.75) is 11.8 Å².